The summed E-state index contributed by atoms with van der Waals surface area (Å²) in [7, 11) is 0. The number of hydrogen-bond acceptors (Lipinski definition) is 3. The zero-order valence-corrected chi connectivity index (χ0v) is 20.8. The van der Waals surface area contributed by atoms with Gasteiger partial charge in [0.15, 0.2) is 0 Å². The summed E-state index contributed by atoms with van der Waals surface area (Å²) in [5.74, 6) is 0.00950. The summed E-state index contributed by atoms with van der Waals surface area (Å²) < 4.78 is 20.7. The van der Waals surface area contributed by atoms with Gasteiger partial charge in [-0.25, -0.2) is 0 Å². The molecule has 156 valence electrons. The van der Waals surface area contributed by atoms with E-state index in [-0.39, 0.29) is 0 Å². The van der Waals surface area contributed by atoms with Crippen molar-refractivity contribution in [3.05, 3.63) is 42.6 Å². The Labute approximate surface area is 177 Å². The molecule has 3 rings (SSSR count). The molecule has 0 aliphatic heterocycles. The first-order chi connectivity index (χ1) is 14.1. The van der Waals surface area contributed by atoms with Crippen LogP contribution in [0.5, 0.6) is 0 Å². The van der Waals surface area contributed by atoms with Crippen molar-refractivity contribution >= 4 is 33.0 Å². The van der Waals surface area contributed by atoms with E-state index in [1.807, 2.05) is 12.4 Å². The second-order valence-corrected chi connectivity index (χ2v) is 21.2. The second-order valence-electron chi connectivity index (χ2n) is 8.11. The number of nitrogens with zero attached hydrogens (tertiary/aromatic N) is 4. The average Bonchev–Trinajstić information content (AvgIpc) is 3.17. The molecule has 3 heterocycles. The fourth-order valence-corrected chi connectivity index (χ4v) is 19.5. The molecule has 0 unspecified atom stereocenters. The Bertz CT molecular complexity index is 902. The second kappa shape index (κ2) is 10.5. The van der Waals surface area contributed by atoms with Gasteiger partial charge in [-0.2, -0.15) is 0 Å². The first-order valence-electron chi connectivity index (χ1n) is 11.1. The van der Waals surface area contributed by atoms with Crippen molar-refractivity contribution in [2.24, 2.45) is 0 Å². The summed E-state index contributed by atoms with van der Waals surface area (Å²) in [5.41, 5.74) is 0.951. The topological polar surface area (TPSA) is 43.6 Å². The van der Waals surface area contributed by atoms with Crippen molar-refractivity contribution in [2.75, 3.05) is 0 Å². The molecule has 29 heavy (non-hydrogen) atoms. The molecule has 0 saturated carbocycles. The zero-order chi connectivity index (χ0) is 20.7. The molecule has 0 aliphatic rings. The standard InChI is InChI=1S/C11H6FN4.3C4H9.Sn/c12-10-2-1-3-11(14-10)16-7-8-6-13-5-4-9(8)15-16;3*1-3-4-2;/h1-4,6-7H;3*1,3-4H2,2H3;. The van der Waals surface area contributed by atoms with Gasteiger partial charge in [-0.3, -0.25) is 0 Å². The Morgan fingerprint density at radius 2 is 1.62 bits per heavy atom. The first kappa shape index (κ1) is 22.2. The Morgan fingerprint density at radius 3 is 2.21 bits per heavy atom. The third kappa shape index (κ3) is 5.35. The van der Waals surface area contributed by atoms with Crippen molar-refractivity contribution in [1.29, 1.82) is 0 Å². The zero-order valence-electron chi connectivity index (χ0n) is 18.0. The van der Waals surface area contributed by atoms with Crippen LogP contribution in [-0.2, 0) is 0 Å². The van der Waals surface area contributed by atoms with Crippen LogP contribution in [0.15, 0.2) is 36.7 Å². The average molecular weight is 503 g/mol. The van der Waals surface area contributed by atoms with E-state index in [2.05, 4.69) is 31.8 Å². The van der Waals surface area contributed by atoms with Gasteiger partial charge in [0, 0.05) is 0 Å². The third-order valence-corrected chi connectivity index (χ3v) is 21.0. The van der Waals surface area contributed by atoms with E-state index >= 15 is 0 Å². The molecule has 0 spiro atoms. The number of unbranched alkanes of at least 4 members (excludes halogenated alkanes) is 3. The molecule has 0 atom stereocenters. The molecule has 0 N–H and O–H groups in total. The van der Waals surface area contributed by atoms with Gasteiger partial charge in [0.25, 0.3) is 0 Å². The molecule has 3 aromatic heterocycles. The summed E-state index contributed by atoms with van der Waals surface area (Å²) in [6, 6.07) is 7.04. The molecule has 4 nitrogen and oxygen atoms in total. The minimum absolute atomic E-state index is 0.491. The normalized spacial score (nSPS) is 12.0. The van der Waals surface area contributed by atoms with Crippen LogP contribution in [0.4, 0.5) is 4.39 Å². The summed E-state index contributed by atoms with van der Waals surface area (Å²) >= 11 is -2.58. The Kier molecular flexibility index (Phi) is 8.04. The van der Waals surface area contributed by atoms with Crippen LogP contribution in [0.3, 0.4) is 0 Å². The van der Waals surface area contributed by atoms with Gasteiger partial charge in [0.2, 0.25) is 0 Å². The van der Waals surface area contributed by atoms with E-state index < -0.39 is 24.3 Å². The van der Waals surface area contributed by atoms with Gasteiger partial charge in [-0.05, 0) is 0 Å². The fourth-order valence-electron chi connectivity index (χ4n) is 4.16. The molecule has 0 radical (unpaired) electrons. The summed E-state index contributed by atoms with van der Waals surface area (Å²) in [5, 5.41) is 5.71. The van der Waals surface area contributed by atoms with Gasteiger partial charge in [-0.15, -0.1) is 0 Å². The van der Waals surface area contributed by atoms with E-state index in [1.54, 1.807) is 16.8 Å². The maximum absolute atomic E-state index is 13.5. The molecule has 0 aliphatic carbocycles. The van der Waals surface area contributed by atoms with Gasteiger partial charge in [-0.1, -0.05) is 0 Å². The van der Waals surface area contributed by atoms with Crippen LogP contribution in [0.25, 0.3) is 16.7 Å². The molecule has 6 heteroatoms. The fraction of sp³-hybridized carbons (Fsp3) is 0.522. The van der Waals surface area contributed by atoms with Crippen molar-refractivity contribution in [2.45, 2.75) is 72.6 Å². The van der Waals surface area contributed by atoms with E-state index in [0.29, 0.717) is 5.82 Å². The van der Waals surface area contributed by atoms with Crippen molar-refractivity contribution in [3.63, 3.8) is 0 Å². The number of halogens is 1. The first-order valence-corrected chi connectivity index (χ1v) is 18.6. The molecule has 0 fully saturated rings. The number of aromatic nitrogens is 4. The number of rotatable bonds is 11. The van der Waals surface area contributed by atoms with Crippen molar-refractivity contribution in [1.82, 2.24) is 19.7 Å². The van der Waals surface area contributed by atoms with Crippen molar-refractivity contribution < 1.29 is 4.39 Å². The summed E-state index contributed by atoms with van der Waals surface area (Å²) in [6.45, 7) is 6.88. The van der Waals surface area contributed by atoms with Crippen LogP contribution in [0.2, 0.25) is 13.3 Å². The van der Waals surface area contributed by atoms with Crippen LogP contribution in [-0.4, -0.2) is 38.1 Å². The predicted octanol–water partition coefficient (Wildman–Crippen LogP) is 6.01. The number of hydrogen-bond donors (Lipinski definition) is 0. The van der Waals surface area contributed by atoms with E-state index in [1.165, 1.54) is 61.6 Å². The third-order valence-electron chi connectivity index (χ3n) is 5.89. The number of fused-ring (bicyclic) bond motifs is 1. The van der Waals surface area contributed by atoms with Gasteiger partial charge in [0.05, 0.1) is 0 Å². The van der Waals surface area contributed by atoms with Gasteiger partial charge < -0.3 is 0 Å². The molecule has 0 bridgehead atoms. The van der Waals surface area contributed by atoms with Crippen molar-refractivity contribution in [3.8, 4) is 5.82 Å². The van der Waals surface area contributed by atoms with E-state index in [4.69, 9.17) is 10.1 Å². The SMILES string of the molecule is CCC[CH2][Sn]([CH2]CCC)([CH2]CCC)[c]1cc2nn(-c3cccc(F)n3)cc2cn1. The van der Waals surface area contributed by atoms with Crippen LogP contribution in [0.1, 0.15) is 59.3 Å². The van der Waals surface area contributed by atoms with Crippen LogP contribution < -0.4 is 3.71 Å². The molecular weight excluding hydrogens is 470 g/mol. The number of pyridine rings is 2. The molecule has 0 saturated heterocycles. The molecule has 3 aromatic rings. The van der Waals surface area contributed by atoms with Gasteiger partial charge in [0.1, 0.15) is 0 Å². The van der Waals surface area contributed by atoms with E-state index in [0.717, 1.165) is 10.9 Å². The Morgan fingerprint density at radius 1 is 0.966 bits per heavy atom. The summed E-state index contributed by atoms with van der Waals surface area (Å²) in [6.07, 6.45) is 11.6. The molecule has 0 aromatic carbocycles. The van der Waals surface area contributed by atoms with E-state index in [9.17, 15) is 4.39 Å². The quantitative estimate of drug-likeness (QED) is 0.238. The summed E-state index contributed by atoms with van der Waals surface area (Å²) in [4.78, 5) is 8.97. The Balaban J connectivity index is 2.01. The maximum atomic E-state index is 13.5. The molecular formula is C23H33FN4Sn. The minimum atomic E-state index is -2.58. The van der Waals surface area contributed by atoms with Crippen LogP contribution >= 0.6 is 0 Å². The van der Waals surface area contributed by atoms with Gasteiger partial charge >= 0.3 is 178 Å². The van der Waals surface area contributed by atoms with Crippen LogP contribution in [0, 0.1) is 5.95 Å². The monoisotopic (exact) mass is 504 g/mol. The predicted molar refractivity (Wildman–Crippen MR) is 121 cm³/mol. The molecule has 0 amide bonds. The Hall–Kier alpha value is -1.50.